The normalized spacial score (nSPS) is 10.0. The largest absolute Gasteiger partial charge is 2.00 e. The SMILES string of the molecule is CCCCCCCCCCCCc1ccc(S(=O)(=O)[O-])cc1.[Ca+2].[O-]Cl.[O-]Cl. The van der Waals surface area contributed by atoms with Gasteiger partial charge in [-0.15, -0.1) is 0 Å². The second-order valence-corrected chi connectivity index (χ2v) is 7.41. The molecule has 154 valence electrons. The van der Waals surface area contributed by atoms with E-state index in [0.717, 1.165) is 18.4 Å². The van der Waals surface area contributed by atoms with Gasteiger partial charge in [0.25, 0.3) is 0 Å². The molecule has 0 unspecified atom stereocenters. The molecule has 0 aromatic heterocycles. The maximum absolute atomic E-state index is 10.8. The molecular weight excluding hydrogens is 439 g/mol. The van der Waals surface area contributed by atoms with E-state index in [2.05, 4.69) is 30.7 Å². The second kappa shape index (κ2) is 23.2. The minimum absolute atomic E-state index is 0. The summed E-state index contributed by atoms with van der Waals surface area (Å²) in [5, 5.41) is 0. The number of benzene rings is 1. The van der Waals surface area contributed by atoms with Crippen LogP contribution < -0.4 is 9.32 Å². The Balaban J connectivity index is -0.00000108. The third-order valence-electron chi connectivity index (χ3n) is 4.03. The third-order valence-corrected chi connectivity index (χ3v) is 4.88. The second-order valence-electron chi connectivity index (χ2n) is 6.03. The molecule has 5 nitrogen and oxygen atoms in total. The molecule has 0 bridgehead atoms. The van der Waals surface area contributed by atoms with Crippen molar-refractivity contribution in [2.45, 2.75) is 82.4 Å². The van der Waals surface area contributed by atoms with E-state index in [9.17, 15) is 13.0 Å². The van der Waals surface area contributed by atoms with E-state index in [0.29, 0.717) is 0 Å². The molecule has 0 atom stereocenters. The molecule has 0 N–H and O–H groups in total. The molecule has 0 aliphatic carbocycles. The molecule has 1 rings (SSSR count). The van der Waals surface area contributed by atoms with Gasteiger partial charge in [-0.1, -0.05) is 76.8 Å². The number of hydrogen-bond acceptors (Lipinski definition) is 5. The molecule has 1 aromatic carbocycles. The molecule has 0 spiro atoms. The van der Waals surface area contributed by atoms with E-state index in [4.69, 9.17) is 9.32 Å². The van der Waals surface area contributed by atoms with Crippen LogP contribution in [0.4, 0.5) is 0 Å². The molecule has 0 fully saturated rings. The van der Waals surface area contributed by atoms with E-state index in [-0.39, 0.29) is 42.6 Å². The van der Waals surface area contributed by atoms with Crippen molar-refractivity contribution in [1.29, 1.82) is 0 Å². The number of aryl methyl sites for hydroxylation is 1. The Labute approximate surface area is 204 Å². The van der Waals surface area contributed by atoms with Crippen LogP contribution in [0.3, 0.4) is 0 Å². The summed E-state index contributed by atoms with van der Waals surface area (Å²) >= 11 is 6.78. The van der Waals surface area contributed by atoms with E-state index in [1.165, 1.54) is 69.9 Å². The van der Waals surface area contributed by atoms with Gasteiger partial charge in [-0.3, -0.25) is 0 Å². The summed E-state index contributed by atoms with van der Waals surface area (Å²) in [5.41, 5.74) is 1.10. The van der Waals surface area contributed by atoms with Gasteiger partial charge in [0.05, 0.1) is 4.90 Å². The van der Waals surface area contributed by atoms with Crippen molar-refractivity contribution >= 4 is 71.6 Å². The van der Waals surface area contributed by atoms with Gasteiger partial charge in [0.1, 0.15) is 10.1 Å². The van der Waals surface area contributed by atoms with E-state index < -0.39 is 10.1 Å². The van der Waals surface area contributed by atoms with Crippen LogP contribution in [0.2, 0.25) is 0 Å². The summed E-state index contributed by atoms with van der Waals surface area (Å²) in [6, 6.07) is 6.32. The minimum atomic E-state index is -4.31. The molecular formula is C18H29CaCl2O5S-. The average molecular weight is 468 g/mol. The molecule has 0 saturated carbocycles. The summed E-state index contributed by atoms with van der Waals surface area (Å²) in [6.07, 6.45) is 14.0. The summed E-state index contributed by atoms with van der Waals surface area (Å²) < 4.78 is 47.9. The van der Waals surface area contributed by atoms with Crippen LogP contribution in [0, 0.1) is 0 Å². The Hall–Kier alpha value is 0.890. The summed E-state index contributed by atoms with van der Waals surface area (Å²) in [6.45, 7) is 2.24. The first-order valence-electron chi connectivity index (χ1n) is 8.89. The molecule has 0 aliphatic heterocycles. The van der Waals surface area contributed by atoms with Crippen molar-refractivity contribution < 1.29 is 22.3 Å². The Morgan fingerprint density at radius 3 is 1.48 bits per heavy atom. The topological polar surface area (TPSA) is 103 Å². The van der Waals surface area contributed by atoms with Crippen LogP contribution in [0.25, 0.3) is 0 Å². The fraction of sp³-hybridized carbons (Fsp3) is 0.667. The Bertz CT molecular complexity index is 513. The maximum atomic E-state index is 10.8. The number of halogens is 2. The molecule has 27 heavy (non-hydrogen) atoms. The Morgan fingerprint density at radius 1 is 0.741 bits per heavy atom. The van der Waals surface area contributed by atoms with Gasteiger partial charge in [-0.25, -0.2) is 32.1 Å². The fourth-order valence-electron chi connectivity index (χ4n) is 2.64. The molecule has 0 radical (unpaired) electrons. The van der Waals surface area contributed by atoms with E-state index >= 15 is 0 Å². The van der Waals surface area contributed by atoms with Crippen LogP contribution in [-0.2, 0) is 16.5 Å². The monoisotopic (exact) mass is 467 g/mol. The van der Waals surface area contributed by atoms with Crippen molar-refractivity contribution in [2.24, 2.45) is 0 Å². The molecule has 1 aromatic rings. The van der Waals surface area contributed by atoms with Gasteiger partial charge in [0.2, 0.25) is 0 Å². The molecule has 0 heterocycles. The van der Waals surface area contributed by atoms with Gasteiger partial charge < -0.3 is 13.9 Å². The Kier molecular flexibility index (Phi) is 27.9. The van der Waals surface area contributed by atoms with Crippen LogP contribution >= 0.6 is 23.7 Å². The summed E-state index contributed by atoms with van der Waals surface area (Å²) in [4.78, 5) is -0.140. The zero-order valence-corrected chi connectivity index (χ0v) is 20.5. The van der Waals surface area contributed by atoms with Gasteiger partial charge in [0.15, 0.2) is 0 Å². The van der Waals surface area contributed by atoms with Crippen molar-refractivity contribution in [3.8, 4) is 0 Å². The van der Waals surface area contributed by atoms with Crippen molar-refractivity contribution in [2.75, 3.05) is 0 Å². The summed E-state index contributed by atoms with van der Waals surface area (Å²) in [5.74, 6) is 0. The van der Waals surface area contributed by atoms with E-state index in [1.54, 1.807) is 12.1 Å². The van der Waals surface area contributed by atoms with Gasteiger partial charge in [0, 0.05) is 0 Å². The van der Waals surface area contributed by atoms with Crippen molar-refractivity contribution in [1.82, 2.24) is 0 Å². The molecule has 0 saturated heterocycles. The van der Waals surface area contributed by atoms with Gasteiger partial charge >= 0.3 is 37.7 Å². The quantitative estimate of drug-likeness (QED) is 0.265. The van der Waals surface area contributed by atoms with Crippen molar-refractivity contribution in [3.63, 3.8) is 0 Å². The zero-order chi connectivity index (χ0) is 20.3. The number of unbranched alkanes of at least 4 members (excludes halogenated alkanes) is 9. The van der Waals surface area contributed by atoms with Crippen LogP contribution in [-0.4, -0.2) is 50.7 Å². The first-order chi connectivity index (χ1) is 12.5. The predicted octanol–water partition coefficient (Wildman–Crippen LogP) is 3.67. The molecule has 9 heteroatoms. The predicted molar refractivity (Wildman–Crippen MR) is 107 cm³/mol. The third kappa shape index (κ3) is 20.0. The number of rotatable bonds is 12. The van der Waals surface area contributed by atoms with Crippen LogP contribution in [0.15, 0.2) is 29.2 Å². The average Bonchev–Trinajstić information content (AvgIpc) is 2.66. The van der Waals surface area contributed by atoms with Crippen LogP contribution in [0.1, 0.15) is 76.7 Å². The minimum Gasteiger partial charge on any atom is -0.769 e. The fourth-order valence-corrected chi connectivity index (χ4v) is 3.11. The maximum Gasteiger partial charge on any atom is 2.00 e. The van der Waals surface area contributed by atoms with Crippen molar-refractivity contribution in [3.05, 3.63) is 29.8 Å². The Morgan fingerprint density at radius 2 is 1.11 bits per heavy atom. The van der Waals surface area contributed by atoms with Gasteiger partial charge in [-0.05, 0) is 30.5 Å². The molecule has 0 amide bonds. The smallest absolute Gasteiger partial charge is 0.769 e. The standard InChI is InChI=1S/C18H30O3S.Ca.2ClO/c1-2-3-4-5-6-7-8-9-10-11-12-17-13-15-18(16-14-17)22(19,20)21;;2*1-2/h13-16H,2-12H2,1H3,(H,19,20,21);;;/q;+2;2*-1/p-1. The van der Waals surface area contributed by atoms with Crippen LogP contribution in [0.5, 0.6) is 0 Å². The first kappa shape index (κ1) is 32.6. The number of hydrogen-bond donors (Lipinski definition) is 0. The molecule has 0 aliphatic rings. The first-order valence-corrected chi connectivity index (χ1v) is 10.9. The van der Waals surface area contributed by atoms with Gasteiger partial charge in [-0.2, -0.15) is 0 Å². The summed E-state index contributed by atoms with van der Waals surface area (Å²) in [7, 11) is -4.31. The van der Waals surface area contributed by atoms with E-state index in [1.807, 2.05) is 0 Å². The zero-order valence-electron chi connectivity index (χ0n) is 16.0.